The SMILES string of the molecule is NCCCNCc1c(C(=O)O)sc2cccc(F)c12. The number of nitrogens with one attached hydrogen (secondary N) is 1. The summed E-state index contributed by atoms with van der Waals surface area (Å²) in [6.07, 6.45) is 0.799. The van der Waals surface area contributed by atoms with Gasteiger partial charge in [-0.25, -0.2) is 9.18 Å². The van der Waals surface area contributed by atoms with Crippen LogP contribution in [0.5, 0.6) is 0 Å². The molecule has 6 heteroatoms. The summed E-state index contributed by atoms with van der Waals surface area (Å²) in [5.41, 5.74) is 5.91. The third kappa shape index (κ3) is 2.91. The first-order chi connectivity index (χ1) is 9.15. The summed E-state index contributed by atoms with van der Waals surface area (Å²) in [5.74, 6) is -1.40. The number of fused-ring (bicyclic) bond motifs is 1. The van der Waals surface area contributed by atoms with Crippen molar-refractivity contribution in [2.75, 3.05) is 13.1 Å². The zero-order valence-corrected chi connectivity index (χ0v) is 11.1. The highest BCUT2D eigenvalue weighted by molar-refractivity contribution is 7.21. The number of thiophene rings is 1. The molecule has 0 unspecified atom stereocenters. The predicted molar refractivity (Wildman–Crippen MR) is 74.1 cm³/mol. The molecule has 0 fully saturated rings. The summed E-state index contributed by atoms with van der Waals surface area (Å²) >= 11 is 1.11. The smallest absolute Gasteiger partial charge is 0.346 e. The van der Waals surface area contributed by atoms with Crippen LogP contribution in [0.1, 0.15) is 21.7 Å². The molecule has 0 aliphatic rings. The first-order valence-electron chi connectivity index (χ1n) is 5.99. The minimum absolute atomic E-state index is 0.195. The Labute approximate surface area is 114 Å². The van der Waals surface area contributed by atoms with Crippen LogP contribution in [0.2, 0.25) is 0 Å². The second-order valence-corrected chi connectivity index (χ2v) is 5.20. The molecule has 2 aromatic rings. The second kappa shape index (κ2) is 6.10. The monoisotopic (exact) mass is 282 g/mol. The average Bonchev–Trinajstić information content (AvgIpc) is 2.75. The van der Waals surface area contributed by atoms with Gasteiger partial charge in [0.1, 0.15) is 10.7 Å². The quantitative estimate of drug-likeness (QED) is 0.710. The zero-order chi connectivity index (χ0) is 13.8. The molecule has 0 bridgehead atoms. The molecule has 0 radical (unpaired) electrons. The van der Waals surface area contributed by atoms with E-state index in [1.54, 1.807) is 12.1 Å². The first kappa shape index (κ1) is 13.9. The van der Waals surface area contributed by atoms with E-state index in [2.05, 4.69) is 5.32 Å². The highest BCUT2D eigenvalue weighted by Crippen LogP contribution is 2.33. The van der Waals surface area contributed by atoms with Crippen LogP contribution in [-0.4, -0.2) is 24.2 Å². The van der Waals surface area contributed by atoms with Crippen LogP contribution in [0.4, 0.5) is 4.39 Å². The maximum absolute atomic E-state index is 13.9. The van der Waals surface area contributed by atoms with Gasteiger partial charge in [-0.1, -0.05) is 6.07 Å². The van der Waals surface area contributed by atoms with Crippen LogP contribution >= 0.6 is 11.3 Å². The Morgan fingerprint density at radius 3 is 2.95 bits per heavy atom. The molecule has 1 heterocycles. The highest BCUT2D eigenvalue weighted by atomic mass is 32.1. The van der Waals surface area contributed by atoms with Crippen LogP contribution in [0.3, 0.4) is 0 Å². The Bertz CT molecular complexity index is 598. The number of aromatic carboxylic acids is 1. The van der Waals surface area contributed by atoms with Gasteiger partial charge in [0.15, 0.2) is 0 Å². The van der Waals surface area contributed by atoms with Crippen LogP contribution in [-0.2, 0) is 6.54 Å². The molecule has 0 saturated heterocycles. The Morgan fingerprint density at radius 1 is 1.47 bits per heavy atom. The summed E-state index contributed by atoms with van der Waals surface area (Å²) in [6.45, 7) is 1.58. The molecule has 0 saturated carbocycles. The van der Waals surface area contributed by atoms with E-state index in [0.717, 1.165) is 17.8 Å². The lowest BCUT2D eigenvalue weighted by molar-refractivity contribution is 0.0701. The molecule has 1 aromatic carbocycles. The lowest BCUT2D eigenvalue weighted by Gasteiger charge is -2.05. The summed E-state index contributed by atoms with van der Waals surface area (Å²) < 4.78 is 14.5. The molecule has 4 N–H and O–H groups in total. The first-order valence-corrected chi connectivity index (χ1v) is 6.80. The van der Waals surface area contributed by atoms with Gasteiger partial charge >= 0.3 is 5.97 Å². The third-order valence-electron chi connectivity index (χ3n) is 2.82. The van der Waals surface area contributed by atoms with Crippen molar-refractivity contribution < 1.29 is 14.3 Å². The summed E-state index contributed by atoms with van der Waals surface area (Å²) in [4.78, 5) is 11.4. The van der Waals surface area contributed by atoms with Crippen molar-refractivity contribution in [2.45, 2.75) is 13.0 Å². The van der Waals surface area contributed by atoms with E-state index in [9.17, 15) is 14.3 Å². The third-order valence-corrected chi connectivity index (χ3v) is 4.00. The van der Waals surface area contributed by atoms with Gasteiger partial charge in [0.2, 0.25) is 0 Å². The summed E-state index contributed by atoms with van der Waals surface area (Å²) in [6, 6.07) is 4.67. The van der Waals surface area contributed by atoms with Crippen LogP contribution in [0, 0.1) is 5.82 Å². The van der Waals surface area contributed by atoms with Crippen LogP contribution in [0.25, 0.3) is 10.1 Å². The largest absolute Gasteiger partial charge is 0.477 e. The Hall–Kier alpha value is -1.50. The normalized spacial score (nSPS) is 11.1. The summed E-state index contributed by atoms with van der Waals surface area (Å²) in [5, 5.41) is 12.7. The number of carboxylic acid groups (broad SMARTS) is 1. The number of carboxylic acids is 1. The molecule has 19 heavy (non-hydrogen) atoms. The van der Waals surface area contributed by atoms with Gasteiger partial charge in [0.25, 0.3) is 0 Å². The standard InChI is InChI=1S/C13H15FN2O2S/c14-9-3-1-4-10-11(9)8(7-16-6-2-5-15)12(19-10)13(17)18/h1,3-4,16H,2,5-7,15H2,(H,17,18). The predicted octanol–water partition coefficient (Wildman–Crippen LogP) is 2.18. The second-order valence-electron chi connectivity index (χ2n) is 4.15. The average molecular weight is 282 g/mol. The molecular formula is C13H15FN2O2S. The molecule has 0 aliphatic carbocycles. The van der Waals surface area contributed by atoms with E-state index in [1.807, 2.05) is 0 Å². The Morgan fingerprint density at radius 2 is 2.26 bits per heavy atom. The fraction of sp³-hybridized carbons (Fsp3) is 0.308. The Balaban J connectivity index is 2.37. The van der Waals surface area contributed by atoms with Crippen molar-refractivity contribution in [1.82, 2.24) is 5.32 Å². The van der Waals surface area contributed by atoms with Gasteiger partial charge in [-0.2, -0.15) is 0 Å². The number of hydrogen-bond donors (Lipinski definition) is 3. The molecule has 0 aliphatic heterocycles. The van der Waals surface area contributed by atoms with E-state index < -0.39 is 5.97 Å². The van der Waals surface area contributed by atoms with Crippen LogP contribution in [0.15, 0.2) is 18.2 Å². The number of rotatable bonds is 6. The maximum Gasteiger partial charge on any atom is 0.346 e. The van der Waals surface area contributed by atoms with Gasteiger partial charge in [0.05, 0.1) is 0 Å². The van der Waals surface area contributed by atoms with E-state index in [1.165, 1.54) is 6.07 Å². The van der Waals surface area contributed by atoms with E-state index >= 15 is 0 Å². The molecule has 4 nitrogen and oxygen atoms in total. The van der Waals surface area contributed by atoms with Crippen molar-refractivity contribution in [3.05, 3.63) is 34.5 Å². The van der Waals surface area contributed by atoms with Crippen molar-refractivity contribution in [3.63, 3.8) is 0 Å². The molecule has 102 valence electrons. The lowest BCUT2D eigenvalue weighted by atomic mass is 10.1. The highest BCUT2D eigenvalue weighted by Gasteiger charge is 2.19. The number of hydrogen-bond acceptors (Lipinski definition) is 4. The molecule has 0 atom stereocenters. The minimum atomic E-state index is -1.02. The molecular weight excluding hydrogens is 267 g/mol. The molecule has 0 spiro atoms. The van der Waals surface area contributed by atoms with Gasteiger partial charge in [-0.15, -0.1) is 11.3 Å². The fourth-order valence-corrected chi connectivity index (χ4v) is 3.02. The number of benzene rings is 1. The fourth-order valence-electron chi connectivity index (χ4n) is 1.95. The summed E-state index contributed by atoms with van der Waals surface area (Å²) in [7, 11) is 0. The number of nitrogens with two attached hydrogens (primary N) is 1. The van der Waals surface area contributed by atoms with Gasteiger partial charge in [0, 0.05) is 22.2 Å². The number of carbonyl (C=O) groups is 1. The van der Waals surface area contributed by atoms with Crippen molar-refractivity contribution in [2.24, 2.45) is 5.73 Å². The van der Waals surface area contributed by atoms with Crippen LogP contribution < -0.4 is 11.1 Å². The van der Waals surface area contributed by atoms with E-state index in [0.29, 0.717) is 35.3 Å². The lowest BCUT2D eigenvalue weighted by Crippen LogP contribution is -2.18. The van der Waals surface area contributed by atoms with Gasteiger partial charge in [-0.3, -0.25) is 0 Å². The maximum atomic E-state index is 13.9. The molecule has 0 amide bonds. The minimum Gasteiger partial charge on any atom is -0.477 e. The van der Waals surface area contributed by atoms with Crippen molar-refractivity contribution >= 4 is 27.4 Å². The molecule has 2 rings (SSSR count). The van der Waals surface area contributed by atoms with E-state index in [4.69, 9.17) is 5.73 Å². The van der Waals surface area contributed by atoms with Crippen molar-refractivity contribution in [1.29, 1.82) is 0 Å². The Kier molecular flexibility index (Phi) is 4.47. The number of halogens is 1. The molecule has 1 aromatic heterocycles. The van der Waals surface area contributed by atoms with Gasteiger partial charge < -0.3 is 16.2 Å². The van der Waals surface area contributed by atoms with E-state index in [-0.39, 0.29) is 10.7 Å². The van der Waals surface area contributed by atoms with Crippen molar-refractivity contribution in [3.8, 4) is 0 Å². The topological polar surface area (TPSA) is 75.3 Å². The van der Waals surface area contributed by atoms with Gasteiger partial charge in [-0.05, 0) is 31.6 Å². The zero-order valence-electron chi connectivity index (χ0n) is 10.3.